The van der Waals surface area contributed by atoms with Gasteiger partial charge in [-0.1, -0.05) is 19.3 Å². The third-order valence-electron chi connectivity index (χ3n) is 3.32. The summed E-state index contributed by atoms with van der Waals surface area (Å²) < 4.78 is 10.7. The Morgan fingerprint density at radius 1 is 1.15 bits per heavy atom. The molecule has 1 aliphatic rings. The summed E-state index contributed by atoms with van der Waals surface area (Å²) in [5, 5.41) is 5.89. The van der Waals surface area contributed by atoms with Crippen LogP contribution in [0.2, 0.25) is 0 Å². The molecule has 0 spiro atoms. The van der Waals surface area contributed by atoms with E-state index in [1.165, 1.54) is 32.1 Å². The van der Waals surface area contributed by atoms with Gasteiger partial charge in [0.15, 0.2) is 0 Å². The summed E-state index contributed by atoms with van der Waals surface area (Å²) in [5.74, 6) is 0.0359. The maximum Gasteiger partial charge on any atom is 0.233 e. The molecule has 0 aromatic heterocycles. The van der Waals surface area contributed by atoms with Gasteiger partial charge < -0.3 is 20.1 Å². The summed E-state index contributed by atoms with van der Waals surface area (Å²) in [6, 6.07) is 0. The van der Waals surface area contributed by atoms with Crippen molar-refractivity contribution in [2.24, 2.45) is 0 Å². The third-order valence-corrected chi connectivity index (χ3v) is 3.32. The molecule has 0 heterocycles. The Balaban J connectivity index is 0.00000361. The SMILES string of the molecule is COCCNCC(=O)NCCCOC1CCCCC1.Cl. The molecule has 1 aliphatic carbocycles. The molecule has 1 fully saturated rings. The minimum atomic E-state index is 0. The molecule has 120 valence electrons. The fraction of sp³-hybridized carbons (Fsp3) is 0.929. The van der Waals surface area contributed by atoms with Crippen molar-refractivity contribution in [1.82, 2.24) is 10.6 Å². The first-order chi connectivity index (χ1) is 9.33. The topological polar surface area (TPSA) is 59.6 Å². The standard InChI is InChI=1S/C14H28N2O3.ClH/c1-18-11-9-15-12-14(17)16-8-5-10-19-13-6-3-2-4-7-13;/h13,15H,2-12H2,1H3,(H,16,17);1H. The molecular formula is C14H29ClN2O3. The molecule has 0 atom stereocenters. The zero-order valence-electron chi connectivity index (χ0n) is 12.5. The lowest BCUT2D eigenvalue weighted by atomic mass is 9.98. The van der Waals surface area contributed by atoms with Crippen LogP contribution in [-0.4, -0.2) is 52.0 Å². The van der Waals surface area contributed by atoms with Gasteiger partial charge in [-0.15, -0.1) is 12.4 Å². The predicted octanol–water partition coefficient (Wildman–Crippen LogP) is 1.50. The van der Waals surface area contributed by atoms with Gasteiger partial charge in [0.25, 0.3) is 0 Å². The van der Waals surface area contributed by atoms with Crippen molar-refractivity contribution in [3.8, 4) is 0 Å². The Hall–Kier alpha value is -0.360. The second kappa shape index (κ2) is 13.6. The first-order valence-corrected chi connectivity index (χ1v) is 7.41. The van der Waals surface area contributed by atoms with Gasteiger partial charge in [-0.25, -0.2) is 0 Å². The number of carbonyl (C=O) groups excluding carboxylic acids is 1. The van der Waals surface area contributed by atoms with E-state index in [0.717, 1.165) is 13.0 Å². The maximum absolute atomic E-state index is 11.4. The number of amides is 1. The Morgan fingerprint density at radius 3 is 2.60 bits per heavy atom. The summed E-state index contributed by atoms with van der Waals surface area (Å²) in [7, 11) is 1.65. The molecule has 1 rings (SSSR count). The van der Waals surface area contributed by atoms with Gasteiger partial charge in [0, 0.05) is 26.8 Å². The highest BCUT2D eigenvalue weighted by Gasteiger charge is 2.12. The lowest BCUT2D eigenvalue weighted by molar-refractivity contribution is -0.120. The minimum absolute atomic E-state index is 0. The smallest absolute Gasteiger partial charge is 0.233 e. The summed E-state index contributed by atoms with van der Waals surface area (Å²) >= 11 is 0. The number of nitrogens with one attached hydrogen (secondary N) is 2. The van der Waals surface area contributed by atoms with Crippen LogP contribution in [0, 0.1) is 0 Å². The summed E-state index contributed by atoms with van der Waals surface area (Å²) in [5.41, 5.74) is 0. The third kappa shape index (κ3) is 10.4. The average Bonchev–Trinajstić information content (AvgIpc) is 2.44. The molecule has 0 radical (unpaired) electrons. The van der Waals surface area contributed by atoms with Crippen LogP contribution in [-0.2, 0) is 14.3 Å². The van der Waals surface area contributed by atoms with Crippen LogP contribution >= 0.6 is 12.4 Å². The van der Waals surface area contributed by atoms with Crippen molar-refractivity contribution < 1.29 is 14.3 Å². The Labute approximate surface area is 128 Å². The molecule has 20 heavy (non-hydrogen) atoms. The molecule has 5 nitrogen and oxygen atoms in total. The van der Waals surface area contributed by atoms with Crippen molar-refractivity contribution in [1.29, 1.82) is 0 Å². The van der Waals surface area contributed by atoms with Crippen LogP contribution in [0.4, 0.5) is 0 Å². The second-order valence-corrected chi connectivity index (χ2v) is 5.00. The zero-order valence-corrected chi connectivity index (χ0v) is 13.3. The summed E-state index contributed by atoms with van der Waals surface area (Å²) in [4.78, 5) is 11.4. The van der Waals surface area contributed by atoms with Crippen LogP contribution in [0.3, 0.4) is 0 Å². The van der Waals surface area contributed by atoms with E-state index in [9.17, 15) is 4.79 Å². The van der Waals surface area contributed by atoms with E-state index in [1.807, 2.05) is 0 Å². The first-order valence-electron chi connectivity index (χ1n) is 7.41. The predicted molar refractivity (Wildman–Crippen MR) is 82.4 cm³/mol. The normalized spacial score (nSPS) is 15.7. The maximum atomic E-state index is 11.4. The highest BCUT2D eigenvalue weighted by molar-refractivity contribution is 5.85. The number of methoxy groups -OCH3 is 1. The van der Waals surface area contributed by atoms with E-state index in [0.29, 0.717) is 32.3 Å². The van der Waals surface area contributed by atoms with Gasteiger partial charge in [-0.3, -0.25) is 4.79 Å². The highest BCUT2D eigenvalue weighted by atomic mass is 35.5. The van der Waals surface area contributed by atoms with E-state index in [1.54, 1.807) is 7.11 Å². The Kier molecular flexibility index (Phi) is 13.4. The van der Waals surface area contributed by atoms with Gasteiger partial charge in [-0.05, 0) is 19.3 Å². The molecule has 0 saturated heterocycles. The van der Waals surface area contributed by atoms with Gasteiger partial charge in [0.1, 0.15) is 0 Å². The van der Waals surface area contributed by atoms with Crippen molar-refractivity contribution in [3.05, 3.63) is 0 Å². The minimum Gasteiger partial charge on any atom is -0.383 e. The van der Waals surface area contributed by atoms with Crippen LogP contribution in [0.5, 0.6) is 0 Å². The van der Waals surface area contributed by atoms with Crippen LogP contribution in [0.1, 0.15) is 38.5 Å². The molecule has 0 bridgehead atoms. The molecule has 0 aromatic carbocycles. The van der Waals surface area contributed by atoms with E-state index < -0.39 is 0 Å². The van der Waals surface area contributed by atoms with Crippen molar-refractivity contribution >= 4 is 18.3 Å². The van der Waals surface area contributed by atoms with Gasteiger partial charge in [0.05, 0.1) is 19.3 Å². The van der Waals surface area contributed by atoms with Crippen molar-refractivity contribution in [3.63, 3.8) is 0 Å². The van der Waals surface area contributed by atoms with E-state index in [-0.39, 0.29) is 18.3 Å². The van der Waals surface area contributed by atoms with Gasteiger partial charge in [-0.2, -0.15) is 0 Å². The van der Waals surface area contributed by atoms with Crippen LogP contribution in [0.15, 0.2) is 0 Å². The van der Waals surface area contributed by atoms with Gasteiger partial charge in [0.2, 0.25) is 5.91 Å². The first kappa shape index (κ1) is 19.6. The largest absolute Gasteiger partial charge is 0.383 e. The number of hydrogen-bond donors (Lipinski definition) is 2. The number of halogens is 1. The summed E-state index contributed by atoms with van der Waals surface area (Å²) in [6.07, 6.45) is 7.71. The number of hydrogen-bond acceptors (Lipinski definition) is 4. The van der Waals surface area contributed by atoms with E-state index in [2.05, 4.69) is 10.6 Å². The summed E-state index contributed by atoms with van der Waals surface area (Å²) in [6.45, 7) is 3.13. The molecule has 0 aromatic rings. The fourth-order valence-electron chi connectivity index (χ4n) is 2.22. The lowest BCUT2D eigenvalue weighted by Crippen LogP contribution is -2.36. The van der Waals surface area contributed by atoms with Crippen molar-refractivity contribution in [2.45, 2.75) is 44.6 Å². The van der Waals surface area contributed by atoms with E-state index in [4.69, 9.17) is 9.47 Å². The quantitative estimate of drug-likeness (QED) is 0.601. The highest BCUT2D eigenvalue weighted by Crippen LogP contribution is 2.20. The molecular weight excluding hydrogens is 280 g/mol. The number of ether oxygens (including phenoxy) is 2. The molecule has 0 aliphatic heterocycles. The molecule has 2 N–H and O–H groups in total. The number of carbonyl (C=O) groups is 1. The monoisotopic (exact) mass is 308 g/mol. The zero-order chi connectivity index (χ0) is 13.8. The lowest BCUT2D eigenvalue weighted by Gasteiger charge is -2.21. The van der Waals surface area contributed by atoms with Crippen molar-refractivity contribution in [2.75, 3.05) is 40.0 Å². The van der Waals surface area contributed by atoms with Crippen LogP contribution in [0.25, 0.3) is 0 Å². The fourth-order valence-corrected chi connectivity index (χ4v) is 2.22. The van der Waals surface area contributed by atoms with E-state index >= 15 is 0 Å². The van der Waals surface area contributed by atoms with Gasteiger partial charge >= 0.3 is 0 Å². The second-order valence-electron chi connectivity index (χ2n) is 5.00. The molecule has 1 amide bonds. The Bertz CT molecular complexity index is 236. The average molecular weight is 309 g/mol. The van der Waals surface area contributed by atoms with Crippen LogP contribution < -0.4 is 10.6 Å². The molecule has 0 unspecified atom stereocenters. The Morgan fingerprint density at radius 2 is 1.90 bits per heavy atom. The number of rotatable bonds is 10. The molecule has 1 saturated carbocycles. The molecule has 6 heteroatoms.